The maximum absolute atomic E-state index is 11.2. The highest BCUT2D eigenvalue weighted by Gasteiger charge is 2.15. The average molecular weight is 233 g/mol. The number of nitrogens with zero attached hydrogens (tertiary/aromatic N) is 1. The number of esters is 1. The van der Waals surface area contributed by atoms with Crippen molar-refractivity contribution >= 4 is 5.97 Å². The van der Waals surface area contributed by atoms with E-state index < -0.39 is 0 Å². The topological polar surface area (TPSA) is 59.3 Å². The first kappa shape index (κ1) is 13.0. The number of benzene rings is 1. The quantitative estimate of drug-likeness (QED) is 0.744. The first-order valence-corrected chi connectivity index (χ1v) is 5.33. The Morgan fingerprint density at radius 2 is 2.00 bits per heavy atom. The number of aryl methyl sites for hydroxylation is 1. The van der Waals surface area contributed by atoms with Crippen LogP contribution >= 0.6 is 0 Å². The molecule has 0 spiro atoms. The van der Waals surface area contributed by atoms with Crippen molar-refractivity contribution in [2.24, 2.45) is 0 Å². The zero-order valence-corrected chi connectivity index (χ0v) is 10.2. The average Bonchev–Trinajstić information content (AvgIpc) is 2.37. The first-order chi connectivity index (χ1) is 8.17. The lowest BCUT2D eigenvalue weighted by Crippen LogP contribution is -2.07. The second-order valence-corrected chi connectivity index (χ2v) is 3.51. The highest BCUT2D eigenvalue weighted by molar-refractivity contribution is 5.74. The van der Waals surface area contributed by atoms with Crippen molar-refractivity contribution < 1.29 is 14.3 Å². The van der Waals surface area contributed by atoms with Crippen LogP contribution in [-0.2, 0) is 22.4 Å². The first-order valence-electron chi connectivity index (χ1n) is 5.33. The van der Waals surface area contributed by atoms with E-state index in [0.29, 0.717) is 16.9 Å². The van der Waals surface area contributed by atoms with Gasteiger partial charge in [0.1, 0.15) is 11.8 Å². The van der Waals surface area contributed by atoms with Crippen LogP contribution in [0.15, 0.2) is 12.1 Å². The standard InChI is InChI=1S/C13H15NO3/c1-4-9-5-6-10(7-12(15)16-2)13(17-3)11(9)8-14/h5-6H,4,7H2,1-3H3. The third-order valence-corrected chi connectivity index (χ3v) is 2.58. The molecule has 1 aromatic rings. The number of hydrogen-bond donors (Lipinski definition) is 0. The number of rotatable bonds is 4. The van der Waals surface area contributed by atoms with Crippen LogP contribution in [-0.4, -0.2) is 20.2 Å². The maximum Gasteiger partial charge on any atom is 0.310 e. The van der Waals surface area contributed by atoms with Gasteiger partial charge in [0.05, 0.1) is 26.2 Å². The number of carbonyl (C=O) groups is 1. The van der Waals surface area contributed by atoms with Crippen molar-refractivity contribution in [3.05, 3.63) is 28.8 Å². The molecule has 0 aliphatic rings. The third-order valence-electron chi connectivity index (χ3n) is 2.58. The summed E-state index contributed by atoms with van der Waals surface area (Å²) in [4.78, 5) is 11.2. The zero-order valence-electron chi connectivity index (χ0n) is 10.2. The second kappa shape index (κ2) is 5.90. The predicted molar refractivity (Wildman–Crippen MR) is 62.8 cm³/mol. The van der Waals surface area contributed by atoms with Gasteiger partial charge in [0.2, 0.25) is 0 Å². The minimum absolute atomic E-state index is 0.109. The van der Waals surface area contributed by atoms with Gasteiger partial charge in [-0.2, -0.15) is 5.26 Å². The van der Waals surface area contributed by atoms with E-state index in [4.69, 9.17) is 10.00 Å². The van der Waals surface area contributed by atoms with Gasteiger partial charge in [-0.1, -0.05) is 19.1 Å². The van der Waals surface area contributed by atoms with Crippen molar-refractivity contribution in [1.82, 2.24) is 0 Å². The van der Waals surface area contributed by atoms with Crippen LogP contribution in [0.25, 0.3) is 0 Å². The third kappa shape index (κ3) is 2.76. The molecule has 0 aliphatic carbocycles. The fourth-order valence-corrected chi connectivity index (χ4v) is 1.68. The highest BCUT2D eigenvalue weighted by Crippen LogP contribution is 2.27. The Bertz CT molecular complexity index is 460. The molecule has 0 aromatic heterocycles. The van der Waals surface area contributed by atoms with E-state index in [-0.39, 0.29) is 12.4 Å². The minimum atomic E-state index is -0.351. The van der Waals surface area contributed by atoms with E-state index in [2.05, 4.69) is 10.8 Å². The van der Waals surface area contributed by atoms with Crippen molar-refractivity contribution in [3.8, 4) is 11.8 Å². The number of methoxy groups -OCH3 is 2. The lowest BCUT2D eigenvalue weighted by molar-refractivity contribution is -0.139. The SMILES string of the molecule is CCc1ccc(CC(=O)OC)c(OC)c1C#N. The summed E-state index contributed by atoms with van der Waals surface area (Å²) in [5.41, 5.74) is 2.09. The normalized spacial score (nSPS) is 9.53. The number of carbonyl (C=O) groups excluding carboxylic acids is 1. The number of hydrogen-bond acceptors (Lipinski definition) is 4. The van der Waals surface area contributed by atoms with Crippen LogP contribution in [0.5, 0.6) is 5.75 Å². The summed E-state index contributed by atoms with van der Waals surface area (Å²) in [6, 6.07) is 5.77. The molecule has 4 heteroatoms. The molecular weight excluding hydrogens is 218 g/mol. The van der Waals surface area contributed by atoms with Gasteiger partial charge < -0.3 is 9.47 Å². The fraction of sp³-hybridized carbons (Fsp3) is 0.385. The Hall–Kier alpha value is -2.02. The number of nitriles is 1. The van der Waals surface area contributed by atoms with Gasteiger partial charge >= 0.3 is 5.97 Å². The zero-order chi connectivity index (χ0) is 12.8. The monoisotopic (exact) mass is 233 g/mol. The van der Waals surface area contributed by atoms with Crippen LogP contribution in [0.2, 0.25) is 0 Å². The summed E-state index contributed by atoms with van der Waals surface area (Å²) in [5, 5.41) is 9.13. The molecular formula is C13H15NO3. The molecule has 0 aliphatic heterocycles. The summed E-state index contributed by atoms with van der Waals surface area (Å²) in [7, 11) is 2.83. The Balaban J connectivity index is 3.24. The van der Waals surface area contributed by atoms with E-state index in [0.717, 1.165) is 12.0 Å². The van der Waals surface area contributed by atoms with Crippen LogP contribution in [0.3, 0.4) is 0 Å². The van der Waals surface area contributed by atoms with Crippen LogP contribution in [0.1, 0.15) is 23.6 Å². The summed E-state index contributed by atoms with van der Waals surface area (Å²) in [5.74, 6) is 0.119. The van der Waals surface area contributed by atoms with E-state index in [1.54, 1.807) is 6.07 Å². The Kier molecular flexibility index (Phi) is 4.53. The van der Waals surface area contributed by atoms with Gasteiger partial charge in [0.25, 0.3) is 0 Å². The lowest BCUT2D eigenvalue weighted by Gasteiger charge is -2.12. The van der Waals surface area contributed by atoms with Gasteiger partial charge in [0, 0.05) is 5.56 Å². The molecule has 0 heterocycles. The predicted octanol–water partition coefficient (Wildman–Crippen LogP) is 1.84. The Labute approximate surface area is 101 Å². The molecule has 1 aromatic carbocycles. The van der Waals surface area contributed by atoms with Gasteiger partial charge in [-0.3, -0.25) is 4.79 Å². The molecule has 1 rings (SSSR count). The minimum Gasteiger partial charge on any atom is -0.495 e. The van der Waals surface area contributed by atoms with Crippen LogP contribution < -0.4 is 4.74 Å². The molecule has 0 saturated carbocycles. The summed E-state index contributed by atoms with van der Waals surface area (Å²) >= 11 is 0. The molecule has 0 saturated heterocycles. The van der Waals surface area contributed by atoms with Crippen molar-refractivity contribution in [1.29, 1.82) is 5.26 Å². The Morgan fingerprint density at radius 3 is 2.47 bits per heavy atom. The summed E-state index contributed by atoms with van der Waals surface area (Å²) in [6.07, 6.45) is 0.857. The smallest absolute Gasteiger partial charge is 0.310 e. The van der Waals surface area contributed by atoms with Crippen molar-refractivity contribution in [2.75, 3.05) is 14.2 Å². The molecule has 90 valence electrons. The van der Waals surface area contributed by atoms with Crippen molar-refractivity contribution in [2.45, 2.75) is 19.8 Å². The molecule has 17 heavy (non-hydrogen) atoms. The molecule has 0 unspecified atom stereocenters. The second-order valence-electron chi connectivity index (χ2n) is 3.51. The van der Waals surface area contributed by atoms with Gasteiger partial charge in [-0.25, -0.2) is 0 Å². The molecule has 4 nitrogen and oxygen atoms in total. The van der Waals surface area contributed by atoms with Gasteiger partial charge in [-0.05, 0) is 12.0 Å². The van der Waals surface area contributed by atoms with Crippen molar-refractivity contribution in [3.63, 3.8) is 0 Å². The highest BCUT2D eigenvalue weighted by atomic mass is 16.5. The van der Waals surface area contributed by atoms with Crippen LogP contribution in [0.4, 0.5) is 0 Å². The molecule has 0 fully saturated rings. The van der Waals surface area contributed by atoms with E-state index in [9.17, 15) is 4.79 Å². The fourth-order valence-electron chi connectivity index (χ4n) is 1.68. The van der Waals surface area contributed by atoms with E-state index in [1.165, 1.54) is 14.2 Å². The van der Waals surface area contributed by atoms with Gasteiger partial charge in [0.15, 0.2) is 0 Å². The molecule has 0 radical (unpaired) electrons. The van der Waals surface area contributed by atoms with Crippen LogP contribution in [0, 0.1) is 11.3 Å². The Morgan fingerprint density at radius 1 is 1.35 bits per heavy atom. The molecule has 0 amide bonds. The summed E-state index contributed by atoms with van der Waals surface area (Å²) in [6.45, 7) is 1.97. The number of ether oxygens (including phenoxy) is 2. The largest absolute Gasteiger partial charge is 0.495 e. The van der Waals surface area contributed by atoms with E-state index in [1.807, 2.05) is 13.0 Å². The molecule has 0 N–H and O–H groups in total. The van der Waals surface area contributed by atoms with E-state index >= 15 is 0 Å². The lowest BCUT2D eigenvalue weighted by atomic mass is 9.99. The van der Waals surface area contributed by atoms with Gasteiger partial charge in [-0.15, -0.1) is 0 Å². The molecule has 0 atom stereocenters. The molecule has 0 bridgehead atoms. The summed E-state index contributed by atoms with van der Waals surface area (Å²) < 4.78 is 9.83. The maximum atomic E-state index is 11.2.